The molecule has 0 saturated heterocycles. The molecule has 1 atom stereocenters. The van der Waals surface area contributed by atoms with Crippen molar-refractivity contribution in [1.82, 2.24) is 10.5 Å². The molecule has 24 heavy (non-hydrogen) atoms. The molecule has 0 aliphatic rings. The van der Waals surface area contributed by atoms with Gasteiger partial charge in [0.25, 0.3) is 5.91 Å². The minimum atomic E-state index is -0.343. The van der Waals surface area contributed by atoms with Crippen LogP contribution >= 0.6 is 0 Å². The number of para-hydroxylation sites is 1. The average Bonchev–Trinajstić information content (AvgIpc) is 3.32. The summed E-state index contributed by atoms with van der Waals surface area (Å²) in [4.78, 5) is 12.3. The fourth-order valence-electron chi connectivity index (χ4n) is 2.47. The fraction of sp³-hybridized carbons (Fsp3) is 0.111. The number of benzene rings is 1. The smallest absolute Gasteiger partial charge is 0.274 e. The molecule has 120 valence electrons. The first-order valence-electron chi connectivity index (χ1n) is 7.50. The summed E-state index contributed by atoms with van der Waals surface area (Å²) in [5, 5.41) is 7.63. The van der Waals surface area contributed by atoms with E-state index in [-0.39, 0.29) is 17.6 Å². The van der Waals surface area contributed by atoms with E-state index >= 15 is 0 Å². The zero-order chi connectivity index (χ0) is 16.5. The second-order valence-electron chi connectivity index (χ2n) is 5.44. The van der Waals surface area contributed by atoms with Gasteiger partial charge in [-0.15, -0.1) is 0 Å². The molecule has 1 N–H and O–H groups in total. The van der Waals surface area contributed by atoms with Crippen LogP contribution in [0.1, 0.15) is 29.2 Å². The Hall–Kier alpha value is -3.28. The Labute approximate surface area is 137 Å². The number of aromatic nitrogens is 1. The maximum absolute atomic E-state index is 12.3. The third-order valence-corrected chi connectivity index (χ3v) is 3.73. The quantitative estimate of drug-likeness (QED) is 0.610. The molecule has 1 amide bonds. The lowest BCUT2D eigenvalue weighted by Gasteiger charge is -2.09. The van der Waals surface area contributed by atoms with E-state index in [0.717, 1.165) is 11.0 Å². The van der Waals surface area contributed by atoms with Gasteiger partial charge in [-0.25, -0.2) is 0 Å². The van der Waals surface area contributed by atoms with Crippen molar-refractivity contribution in [2.75, 3.05) is 0 Å². The number of carbonyl (C=O) groups is 1. The number of rotatable bonds is 4. The van der Waals surface area contributed by atoms with E-state index in [0.29, 0.717) is 17.3 Å². The van der Waals surface area contributed by atoms with Crippen LogP contribution in [0.4, 0.5) is 0 Å². The monoisotopic (exact) mass is 322 g/mol. The SMILES string of the molecule is CC(NC(=O)c1cc(-c2ccco2)on1)c1cc2ccccc2o1. The molecule has 0 spiro atoms. The summed E-state index contributed by atoms with van der Waals surface area (Å²) in [5.41, 5.74) is 0.972. The van der Waals surface area contributed by atoms with E-state index < -0.39 is 0 Å². The highest BCUT2D eigenvalue weighted by Crippen LogP contribution is 2.24. The minimum Gasteiger partial charge on any atom is -0.461 e. The van der Waals surface area contributed by atoms with Crippen molar-refractivity contribution >= 4 is 16.9 Å². The first kappa shape index (κ1) is 14.3. The van der Waals surface area contributed by atoms with Crippen molar-refractivity contribution in [2.45, 2.75) is 13.0 Å². The lowest BCUT2D eigenvalue weighted by Crippen LogP contribution is -2.26. The predicted molar refractivity (Wildman–Crippen MR) is 86.3 cm³/mol. The Morgan fingerprint density at radius 3 is 2.79 bits per heavy atom. The van der Waals surface area contributed by atoms with Crippen molar-refractivity contribution in [3.8, 4) is 11.5 Å². The molecule has 3 heterocycles. The molecule has 0 saturated carbocycles. The summed E-state index contributed by atoms with van der Waals surface area (Å²) in [7, 11) is 0. The highest BCUT2D eigenvalue weighted by Gasteiger charge is 2.19. The molecule has 0 radical (unpaired) electrons. The van der Waals surface area contributed by atoms with Crippen LogP contribution in [0.25, 0.3) is 22.5 Å². The second-order valence-corrected chi connectivity index (χ2v) is 5.44. The number of fused-ring (bicyclic) bond motifs is 1. The molecular weight excluding hydrogens is 308 g/mol. The molecule has 0 bridgehead atoms. The lowest BCUT2D eigenvalue weighted by atomic mass is 10.2. The Morgan fingerprint density at radius 1 is 1.12 bits per heavy atom. The standard InChI is InChI=1S/C18H14N2O4/c1-11(16-9-12-5-2-3-6-14(12)23-16)19-18(21)13-10-17(24-20-13)15-7-4-8-22-15/h2-11H,1H3,(H,19,21). The van der Waals surface area contributed by atoms with Gasteiger partial charge in [0.2, 0.25) is 5.76 Å². The summed E-state index contributed by atoms with van der Waals surface area (Å²) in [6.07, 6.45) is 1.53. The Balaban J connectivity index is 1.51. The van der Waals surface area contributed by atoms with Crippen LogP contribution in [-0.2, 0) is 0 Å². The van der Waals surface area contributed by atoms with Crippen LogP contribution in [0, 0.1) is 0 Å². The van der Waals surface area contributed by atoms with Crippen molar-refractivity contribution in [2.24, 2.45) is 0 Å². The molecule has 1 unspecified atom stereocenters. The predicted octanol–water partition coefficient (Wildman–Crippen LogP) is 4.17. The molecule has 3 aromatic heterocycles. The number of nitrogens with zero attached hydrogens (tertiary/aromatic N) is 1. The van der Waals surface area contributed by atoms with Crippen molar-refractivity contribution < 1.29 is 18.2 Å². The first-order chi connectivity index (χ1) is 11.7. The van der Waals surface area contributed by atoms with Crippen LogP contribution < -0.4 is 5.32 Å². The molecule has 0 aliphatic heterocycles. The van der Waals surface area contributed by atoms with Crippen molar-refractivity contribution in [1.29, 1.82) is 0 Å². The van der Waals surface area contributed by atoms with Gasteiger partial charge in [0.05, 0.1) is 12.3 Å². The highest BCUT2D eigenvalue weighted by molar-refractivity contribution is 5.93. The first-order valence-corrected chi connectivity index (χ1v) is 7.50. The summed E-state index contributed by atoms with van der Waals surface area (Å²) in [5.74, 6) is 1.26. The summed E-state index contributed by atoms with van der Waals surface area (Å²) < 4.78 is 16.1. The van der Waals surface area contributed by atoms with E-state index in [9.17, 15) is 4.79 Å². The Kier molecular flexibility index (Phi) is 3.42. The van der Waals surface area contributed by atoms with E-state index in [1.54, 1.807) is 18.2 Å². The zero-order valence-electron chi connectivity index (χ0n) is 12.9. The summed E-state index contributed by atoms with van der Waals surface area (Å²) in [6, 6.07) is 14.3. The molecule has 1 aromatic carbocycles. The van der Waals surface area contributed by atoms with Gasteiger partial charge in [0.1, 0.15) is 11.3 Å². The number of hydrogen-bond acceptors (Lipinski definition) is 5. The number of hydrogen-bond donors (Lipinski definition) is 1. The van der Waals surface area contributed by atoms with Gasteiger partial charge in [-0.2, -0.15) is 0 Å². The van der Waals surface area contributed by atoms with Gasteiger partial charge < -0.3 is 18.7 Å². The van der Waals surface area contributed by atoms with Crippen LogP contribution in [0.15, 0.2) is 68.2 Å². The topological polar surface area (TPSA) is 81.4 Å². The molecule has 0 fully saturated rings. The molecule has 6 nitrogen and oxygen atoms in total. The van der Waals surface area contributed by atoms with Gasteiger partial charge in [-0.05, 0) is 31.2 Å². The maximum Gasteiger partial charge on any atom is 0.274 e. The molecule has 6 heteroatoms. The van der Waals surface area contributed by atoms with Crippen LogP contribution in [0.2, 0.25) is 0 Å². The molecular formula is C18H14N2O4. The number of carbonyl (C=O) groups excluding carboxylic acids is 1. The second kappa shape index (κ2) is 5.73. The lowest BCUT2D eigenvalue weighted by molar-refractivity contribution is 0.0926. The maximum atomic E-state index is 12.3. The Bertz CT molecular complexity index is 948. The van der Waals surface area contributed by atoms with E-state index in [1.165, 1.54) is 6.26 Å². The third kappa shape index (κ3) is 2.58. The van der Waals surface area contributed by atoms with Gasteiger partial charge in [-0.1, -0.05) is 23.4 Å². The van der Waals surface area contributed by atoms with E-state index in [4.69, 9.17) is 13.4 Å². The van der Waals surface area contributed by atoms with Crippen molar-refractivity contribution in [3.63, 3.8) is 0 Å². The highest BCUT2D eigenvalue weighted by atomic mass is 16.5. The van der Waals surface area contributed by atoms with Crippen molar-refractivity contribution in [3.05, 3.63) is 66.2 Å². The molecule has 4 aromatic rings. The van der Waals surface area contributed by atoms with Gasteiger partial charge in [0.15, 0.2) is 11.5 Å². The summed E-state index contributed by atoms with van der Waals surface area (Å²) >= 11 is 0. The van der Waals surface area contributed by atoms with Gasteiger partial charge in [-0.3, -0.25) is 4.79 Å². The largest absolute Gasteiger partial charge is 0.461 e. The average molecular weight is 322 g/mol. The number of nitrogens with one attached hydrogen (secondary N) is 1. The van der Waals surface area contributed by atoms with Crippen LogP contribution in [0.3, 0.4) is 0 Å². The fourth-order valence-corrected chi connectivity index (χ4v) is 2.47. The summed E-state index contributed by atoms with van der Waals surface area (Å²) in [6.45, 7) is 1.85. The van der Waals surface area contributed by atoms with E-state index in [2.05, 4.69) is 10.5 Å². The minimum absolute atomic E-state index is 0.185. The number of amides is 1. The number of furan rings is 2. The van der Waals surface area contributed by atoms with Crippen LogP contribution in [-0.4, -0.2) is 11.1 Å². The van der Waals surface area contributed by atoms with Gasteiger partial charge in [0, 0.05) is 11.5 Å². The molecule has 4 rings (SSSR count). The van der Waals surface area contributed by atoms with E-state index in [1.807, 2.05) is 37.3 Å². The van der Waals surface area contributed by atoms with Crippen LogP contribution in [0.5, 0.6) is 0 Å². The van der Waals surface area contributed by atoms with Gasteiger partial charge >= 0.3 is 0 Å². The molecule has 0 aliphatic carbocycles. The normalized spacial score (nSPS) is 12.4. The zero-order valence-corrected chi connectivity index (χ0v) is 12.9. The Morgan fingerprint density at radius 2 is 2.00 bits per heavy atom. The third-order valence-electron chi connectivity index (χ3n) is 3.73.